The Hall–Kier alpha value is -2.13. The summed E-state index contributed by atoms with van der Waals surface area (Å²) in [6, 6.07) is 3.66. The van der Waals surface area contributed by atoms with Gasteiger partial charge >= 0.3 is 0 Å². The zero-order chi connectivity index (χ0) is 13.1. The molecule has 2 heterocycles. The lowest BCUT2D eigenvalue weighted by Crippen LogP contribution is -2.04. The molecular weight excluding hydrogens is 252 g/mol. The molecule has 92 valence electrons. The third kappa shape index (κ3) is 2.41. The summed E-state index contributed by atoms with van der Waals surface area (Å²) in [4.78, 5) is 8.36. The number of halogens is 1. The van der Waals surface area contributed by atoms with Crippen LogP contribution in [-0.4, -0.2) is 19.7 Å². The van der Waals surface area contributed by atoms with Gasteiger partial charge in [-0.25, -0.2) is 9.97 Å². The summed E-state index contributed by atoms with van der Waals surface area (Å²) in [6.07, 6.45) is 2.18. The fraction of sp³-hybridized carbons (Fsp3) is 0.273. The second-order valence-electron chi connectivity index (χ2n) is 3.61. The van der Waals surface area contributed by atoms with Crippen LogP contribution in [0.25, 0.3) is 0 Å². The molecule has 0 aliphatic carbocycles. The molecule has 0 aliphatic rings. The van der Waals surface area contributed by atoms with Gasteiger partial charge in [0.15, 0.2) is 0 Å². The summed E-state index contributed by atoms with van der Waals surface area (Å²) < 4.78 is 1.57. The summed E-state index contributed by atoms with van der Waals surface area (Å²) in [5, 5.41) is 16.4. The van der Waals surface area contributed by atoms with Crippen molar-refractivity contribution >= 4 is 23.2 Å². The van der Waals surface area contributed by atoms with E-state index in [1.165, 1.54) is 6.20 Å². The Bertz CT molecular complexity index is 612. The van der Waals surface area contributed by atoms with Crippen LogP contribution in [0.4, 0.5) is 11.6 Å². The van der Waals surface area contributed by atoms with Crippen LogP contribution in [0.15, 0.2) is 12.3 Å². The molecule has 0 unspecified atom stereocenters. The van der Waals surface area contributed by atoms with Gasteiger partial charge in [0.25, 0.3) is 0 Å². The van der Waals surface area contributed by atoms with Gasteiger partial charge in [0, 0.05) is 19.5 Å². The lowest BCUT2D eigenvalue weighted by molar-refractivity contribution is 0.775. The first-order chi connectivity index (χ1) is 8.63. The molecule has 2 aromatic heterocycles. The first-order valence-corrected chi connectivity index (χ1v) is 5.74. The number of nitrogens with one attached hydrogen (secondary N) is 1. The largest absolute Gasteiger partial charge is 0.324 e. The maximum Gasteiger partial charge on any atom is 0.147 e. The molecule has 0 atom stereocenters. The van der Waals surface area contributed by atoms with E-state index in [9.17, 15) is 0 Å². The molecule has 18 heavy (non-hydrogen) atoms. The van der Waals surface area contributed by atoms with Crippen LogP contribution < -0.4 is 5.32 Å². The van der Waals surface area contributed by atoms with E-state index >= 15 is 0 Å². The number of aryl methyl sites for hydroxylation is 2. The van der Waals surface area contributed by atoms with Crippen molar-refractivity contribution in [2.24, 2.45) is 7.05 Å². The number of aromatic nitrogens is 4. The molecule has 0 spiro atoms. The molecule has 7 heteroatoms. The molecule has 6 nitrogen and oxygen atoms in total. The van der Waals surface area contributed by atoms with Crippen LogP contribution in [0.2, 0.25) is 5.15 Å². The van der Waals surface area contributed by atoms with E-state index in [4.69, 9.17) is 16.9 Å². The molecule has 0 aromatic carbocycles. The Labute approximate surface area is 109 Å². The topological polar surface area (TPSA) is 79.4 Å². The second-order valence-corrected chi connectivity index (χ2v) is 4.00. The number of anilines is 2. The van der Waals surface area contributed by atoms with Gasteiger partial charge in [-0.05, 0) is 0 Å². The first-order valence-electron chi connectivity index (χ1n) is 5.36. The number of rotatable bonds is 3. The molecule has 1 N–H and O–H groups in total. The van der Waals surface area contributed by atoms with Gasteiger partial charge in [-0.15, -0.1) is 0 Å². The molecule has 0 saturated carbocycles. The second kappa shape index (κ2) is 5.02. The summed E-state index contributed by atoms with van der Waals surface area (Å²) in [6.45, 7) is 1.94. The third-order valence-corrected chi connectivity index (χ3v) is 2.56. The van der Waals surface area contributed by atoms with Crippen LogP contribution >= 0.6 is 11.6 Å². The van der Waals surface area contributed by atoms with Crippen LogP contribution in [0.3, 0.4) is 0 Å². The zero-order valence-corrected chi connectivity index (χ0v) is 10.7. The van der Waals surface area contributed by atoms with E-state index in [1.54, 1.807) is 17.8 Å². The molecule has 0 radical (unpaired) electrons. The lowest BCUT2D eigenvalue weighted by atomic mass is 10.3. The SMILES string of the molecule is CCc1nc(Cl)cc(Nc2c(C#N)cnn2C)n1. The van der Waals surface area contributed by atoms with E-state index < -0.39 is 0 Å². The van der Waals surface area contributed by atoms with Crippen molar-refractivity contribution in [3.05, 3.63) is 28.8 Å². The van der Waals surface area contributed by atoms with Gasteiger partial charge in [-0.1, -0.05) is 18.5 Å². The van der Waals surface area contributed by atoms with E-state index in [2.05, 4.69) is 26.5 Å². The Morgan fingerprint density at radius 1 is 1.50 bits per heavy atom. The van der Waals surface area contributed by atoms with Crippen LogP contribution in [0.5, 0.6) is 0 Å². The highest BCUT2D eigenvalue weighted by atomic mass is 35.5. The van der Waals surface area contributed by atoms with Crippen LogP contribution in [-0.2, 0) is 13.5 Å². The highest BCUT2D eigenvalue weighted by Crippen LogP contribution is 2.20. The Morgan fingerprint density at radius 3 is 2.94 bits per heavy atom. The van der Waals surface area contributed by atoms with E-state index in [0.717, 1.165) is 0 Å². The maximum atomic E-state index is 8.96. The van der Waals surface area contributed by atoms with Crippen molar-refractivity contribution in [3.8, 4) is 6.07 Å². The van der Waals surface area contributed by atoms with Crippen molar-refractivity contribution in [1.29, 1.82) is 5.26 Å². The average Bonchev–Trinajstić information content (AvgIpc) is 2.70. The minimum atomic E-state index is 0.366. The maximum absolute atomic E-state index is 8.96. The molecule has 2 rings (SSSR count). The number of nitriles is 1. The molecule has 0 saturated heterocycles. The molecular formula is C11H11ClN6. The van der Waals surface area contributed by atoms with Crippen molar-refractivity contribution in [2.45, 2.75) is 13.3 Å². The quantitative estimate of drug-likeness (QED) is 0.857. The number of hydrogen-bond acceptors (Lipinski definition) is 5. The normalized spacial score (nSPS) is 10.1. The number of hydrogen-bond donors (Lipinski definition) is 1. The van der Waals surface area contributed by atoms with Crippen molar-refractivity contribution < 1.29 is 0 Å². The van der Waals surface area contributed by atoms with E-state index in [1.807, 2.05) is 6.92 Å². The highest BCUT2D eigenvalue weighted by Gasteiger charge is 2.10. The third-order valence-electron chi connectivity index (χ3n) is 2.36. The van der Waals surface area contributed by atoms with E-state index in [-0.39, 0.29) is 0 Å². The minimum absolute atomic E-state index is 0.366. The predicted octanol–water partition coefficient (Wildman–Crippen LogP) is 2.04. The van der Waals surface area contributed by atoms with Gasteiger partial charge in [-0.3, -0.25) is 4.68 Å². The monoisotopic (exact) mass is 262 g/mol. The lowest BCUT2D eigenvalue weighted by Gasteiger charge is -2.07. The zero-order valence-electron chi connectivity index (χ0n) is 9.98. The van der Waals surface area contributed by atoms with Gasteiger partial charge in [0.05, 0.1) is 6.20 Å². The standard InChI is InChI=1S/C11H11ClN6/c1-3-9-15-8(12)4-10(16-9)17-11-7(5-13)6-14-18(11)2/h4,6H,3H2,1-2H3,(H,15,16,17). The van der Waals surface area contributed by atoms with Gasteiger partial charge < -0.3 is 5.32 Å². The summed E-state index contributed by atoms with van der Waals surface area (Å²) >= 11 is 5.90. The van der Waals surface area contributed by atoms with Gasteiger partial charge in [0.2, 0.25) is 0 Å². The fourth-order valence-corrected chi connectivity index (χ4v) is 1.68. The Morgan fingerprint density at radius 2 is 2.28 bits per heavy atom. The average molecular weight is 263 g/mol. The minimum Gasteiger partial charge on any atom is -0.324 e. The molecule has 2 aromatic rings. The molecule has 0 amide bonds. The fourth-order valence-electron chi connectivity index (χ4n) is 1.48. The summed E-state index contributed by atoms with van der Waals surface area (Å²) in [5.74, 6) is 1.77. The highest BCUT2D eigenvalue weighted by molar-refractivity contribution is 6.29. The molecule has 0 fully saturated rings. The van der Waals surface area contributed by atoms with Gasteiger partial charge in [-0.2, -0.15) is 10.4 Å². The van der Waals surface area contributed by atoms with Crippen molar-refractivity contribution in [3.63, 3.8) is 0 Å². The smallest absolute Gasteiger partial charge is 0.147 e. The van der Waals surface area contributed by atoms with Crippen molar-refractivity contribution in [1.82, 2.24) is 19.7 Å². The summed E-state index contributed by atoms with van der Waals surface area (Å²) in [5.41, 5.74) is 0.449. The van der Waals surface area contributed by atoms with E-state index in [0.29, 0.717) is 34.6 Å². The molecule has 0 aliphatic heterocycles. The Kier molecular flexibility index (Phi) is 3.44. The Balaban J connectivity index is 2.37. The van der Waals surface area contributed by atoms with Gasteiger partial charge in [0.1, 0.15) is 34.2 Å². The summed E-state index contributed by atoms with van der Waals surface area (Å²) in [7, 11) is 1.74. The first kappa shape index (κ1) is 12.3. The number of nitrogens with zero attached hydrogens (tertiary/aromatic N) is 5. The van der Waals surface area contributed by atoms with Crippen LogP contribution in [0, 0.1) is 11.3 Å². The van der Waals surface area contributed by atoms with Crippen molar-refractivity contribution in [2.75, 3.05) is 5.32 Å². The predicted molar refractivity (Wildman–Crippen MR) is 67.6 cm³/mol. The van der Waals surface area contributed by atoms with Crippen LogP contribution in [0.1, 0.15) is 18.3 Å². The molecule has 0 bridgehead atoms.